The molecule has 8 heterocycles. The van der Waals surface area contributed by atoms with Gasteiger partial charge in [-0.25, -0.2) is 4.98 Å². The maximum Gasteiger partial charge on any atom is 0.137 e. The largest absolute Gasteiger partial charge is 0.361 e. The minimum absolute atomic E-state index is 0.740. The van der Waals surface area contributed by atoms with Gasteiger partial charge >= 0.3 is 0 Å². The Hall–Kier alpha value is -9.66. The summed E-state index contributed by atoms with van der Waals surface area (Å²) in [6, 6.07) is 70.2. The maximum atomic E-state index is 4.38. The third-order valence-electron chi connectivity index (χ3n) is 13.6. The van der Waals surface area contributed by atoms with Crippen molar-refractivity contribution in [3.63, 3.8) is 0 Å². The summed E-state index contributed by atoms with van der Waals surface area (Å²) in [5, 5.41) is 9.92. The Morgan fingerprint density at radius 3 is 1.46 bits per heavy atom. The standard InChI is InChI=1S/C11H10.2C10H9N.C9H8N2.C9H11N.C9H9N.C8H8N2.C7H8.8C2H6/c1-9-6-7-10-4-2-3-5-11(10)8-9;1-8-6-9-4-2-3-5-10(9)7-11-8;1-8-6-7-9-4-2-3-5-10(9)11-8;1-7-2-3-8-6-10-5-4-9(8)11-7;1-7-2-3-8-4-5-10-6-9(7)8;1-7-6-10-9-5-3-2-4-8(7)9;1-6-5-7-3-2-4-9-8(7)10-6;1-7-5-3-2-4-6-7;8*1-2/h2-8H,1H3;2*2-7H,1H3;2-6H,1H3;4-7H,2-3H2,1H3;2-6,10H,1H3;2-5H,1H3,(H,9,10);2-6H,1H3;8*1-2H3. The van der Waals surface area contributed by atoms with Crippen molar-refractivity contribution < 1.29 is 0 Å². The second kappa shape index (κ2) is 54.6. The average molecular weight is 1300 g/mol. The van der Waals surface area contributed by atoms with Crippen LogP contribution in [0.4, 0.5) is 0 Å². The maximum absolute atomic E-state index is 4.38. The lowest BCUT2D eigenvalue weighted by Crippen LogP contribution is -1.86. The number of hydrogen-bond acceptors (Lipinski definition) is 6. The van der Waals surface area contributed by atoms with E-state index in [9.17, 15) is 0 Å². The Labute approximate surface area is 587 Å². The van der Waals surface area contributed by atoms with Gasteiger partial charge in [0.2, 0.25) is 0 Å². The van der Waals surface area contributed by atoms with E-state index in [4.69, 9.17) is 0 Å². The molecule has 8 nitrogen and oxygen atoms in total. The minimum atomic E-state index is 0.740. The van der Waals surface area contributed by atoms with Gasteiger partial charge in [-0.1, -0.05) is 268 Å². The zero-order valence-electron chi connectivity index (χ0n) is 63.8. The lowest BCUT2D eigenvalue weighted by Gasteiger charge is -2.00. The van der Waals surface area contributed by atoms with E-state index in [0.29, 0.717) is 0 Å². The number of aryl methyl sites for hydroxylation is 8. The van der Waals surface area contributed by atoms with Crippen molar-refractivity contribution in [2.24, 2.45) is 0 Å². The normalized spacial score (nSPS) is 10.3. The van der Waals surface area contributed by atoms with E-state index in [0.717, 1.165) is 50.8 Å². The third-order valence-corrected chi connectivity index (χ3v) is 13.6. The van der Waals surface area contributed by atoms with E-state index >= 15 is 0 Å². The molecule has 14 aromatic rings. The molecule has 0 saturated heterocycles. The Morgan fingerprint density at radius 2 is 0.866 bits per heavy atom. The molecule has 516 valence electrons. The number of nitrogens with one attached hydrogen (secondary N) is 2. The van der Waals surface area contributed by atoms with Crippen LogP contribution in [-0.2, 0) is 6.42 Å². The number of benzene rings is 6. The van der Waals surface area contributed by atoms with E-state index in [1.165, 1.54) is 83.9 Å². The van der Waals surface area contributed by atoms with E-state index in [-0.39, 0.29) is 0 Å². The van der Waals surface area contributed by atoms with Crippen LogP contribution in [0.5, 0.6) is 0 Å². The molecule has 6 aromatic carbocycles. The fourth-order valence-electron chi connectivity index (χ4n) is 9.22. The van der Waals surface area contributed by atoms with Crippen molar-refractivity contribution in [1.29, 1.82) is 0 Å². The van der Waals surface area contributed by atoms with Crippen LogP contribution in [-0.4, -0.2) is 39.9 Å². The molecular formula is C89H120N8. The van der Waals surface area contributed by atoms with Crippen LogP contribution in [0.2, 0.25) is 0 Å². The molecule has 0 radical (unpaired) electrons. The molecule has 1 unspecified atom stereocenters. The first-order valence-electron chi connectivity index (χ1n) is 35.6. The van der Waals surface area contributed by atoms with Crippen LogP contribution in [0.3, 0.4) is 0 Å². The van der Waals surface area contributed by atoms with Crippen molar-refractivity contribution in [3.8, 4) is 0 Å². The SMILES string of the molecule is CC.CC.CC.CC.CC.CC.CC.CC.CC1CCc2ccncc21.Cc1c[nH]c2ccccc12.Cc1cc2ccccc2cn1.Cc1cc2cccnc2[nH]1.Cc1ccc2ccccc2c1.Cc1ccc2ccccc2n1.Cc1ccc2cnccc2n1.Cc1ccccc1. The Bertz CT molecular complexity index is 3850. The molecule has 0 saturated carbocycles. The number of aromatic nitrogens is 8. The number of fused-ring (bicyclic) bond motifs is 7. The molecule has 2 N–H and O–H groups in total. The van der Waals surface area contributed by atoms with Crippen LogP contribution in [0, 0.1) is 48.5 Å². The van der Waals surface area contributed by atoms with E-state index < -0.39 is 0 Å². The highest BCUT2D eigenvalue weighted by Gasteiger charge is 2.17. The second-order valence-electron chi connectivity index (χ2n) is 20.3. The number of aromatic amines is 2. The first-order chi connectivity index (χ1) is 47.4. The van der Waals surface area contributed by atoms with Gasteiger partial charge in [-0.3, -0.25) is 24.9 Å². The molecule has 1 aliphatic carbocycles. The predicted octanol–water partition coefficient (Wildman–Crippen LogP) is 26.9. The second-order valence-corrected chi connectivity index (χ2v) is 20.3. The molecular weight excluding hydrogens is 1180 g/mol. The first kappa shape index (κ1) is 87.3. The highest BCUT2D eigenvalue weighted by atomic mass is 14.8. The molecule has 1 aliphatic rings. The predicted molar refractivity (Wildman–Crippen MR) is 433 cm³/mol. The fourth-order valence-corrected chi connectivity index (χ4v) is 9.22. The number of H-pyrrole nitrogens is 2. The average Bonchev–Trinajstić information content (AvgIpc) is 1.92. The Balaban J connectivity index is 0.00000106. The summed E-state index contributed by atoms with van der Waals surface area (Å²) in [7, 11) is 0. The van der Waals surface area contributed by atoms with Gasteiger partial charge in [-0.2, -0.15) is 0 Å². The smallest absolute Gasteiger partial charge is 0.137 e. The summed E-state index contributed by atoms with van der Waals surface area (Å²) in [6.45, 7) is 48.6. The van der Waals surface area contributed by atoms with Crippen molar-refractivity contribution in [3.05, 3.63) is 300 Å². The molecule has 97 heavy (non-hydrogen) atoms. The van der Waals surface area contributed by atoms with E-state index in [1.807, 2.05) is 260 Å². The van der Waals surface area contributed by atoms with Crippen molar-refractivity contribution in [1.82, 2.24) is 39.9 Å². The van der Waals surface area contributed by atoms with E-state index in [2.05, 4.69) is 183 Å². The summed E-state index contributed by atoms with van der Waals surface area (Å²) in [4.78, 5) is 31.5. The summed E-state index contributed by atoms with van der Waals surface area (Å²) >= 11 is 0. The van der Waals surface area contributed by atoms with E-state index in [1.54, 1.807) is 12.4 Å². The molecule has 1 atom stereocenters. The summed E-state index contributed by atoms with van der Waals surface area (Å²) in [6.07, 6.45) is 15.8. The highest BCUT2D eigenvalue weighted by molar-refractivity contribution is 5.84. The molecule has 15 rings (SSSR count). The van der Waals surface area contributed by atoms with Crippen molar-refractivity contribution in [2.75, 3.05) is 0 Å². The van der Waals surface area contributed by atoms with Crippen LogP contribution < -0.4 is 0 Å². The third kappa shape index (κ3) is 32.6. The first-order valence-corrected chi connectivity index (χ1v) is 35.6. The van der Waals surface area contributed by atoms with Gasteiger partial charge in [0, 0.05) is 98.6 Å². The number of nitrogens with zero attached hydrogens (tertiary/aromatic N) is 6. The van der Waals surface area contributed by atoms with Crippen LogP contribution >= 0.6 is 0 Å². The molecule has 0 aliphatic heterocycles. The zero-order valence-corrected chi connectivity index (χ0v) is 63.8. The van der Waals surface area contributed by atoms with Gasteiger partial charge in [-0.15, -0.1) is 0 Å². The zero-order chi connectivity index (χ0) is 72.8. The lowest BCUT2D eigenvalue weighted by molar-refractivity contribution is 0.745. The Kier molecular flexibility index (Phi) is 49.1. The fraction of sp³-hybridized carbons (Fsp3) is 0.303. The molecule has 8 heteroatoms. The lowest BCUT2D eigenvalue weighted by atomic mass is 10.1. The van der Waals surface area contributed by atoms with Gasteiger partial charge in [0.25, 0.3) is 0 Å². The topological polar surface area (TPSA) is 109 Å². The van der Waals surface area contributed by atoms with Crippen LogP contribution in [0.1, 0.15) is 181 Å². The van der Waals surface area contributed by atoms with Crippen molar-refractivity contribution >= 4 is 65.3 Å². The van der Waals surface area contributed by atoms with Gasteiger partial charge in [0.15, 0.2) is 0 Å². The molecule has 0 spiro atoms. The molecule has 0 amide bonds. The number of rotatable bonds is 0. The Morgan fingerprint density at radius 1 is 0.361 bits per heavy atom. The highest BCUT2D eigenvalue weighted by Crippen LogP contribution is 2.31. The molecule has 0 fully saturated rings. The van der Waals surface area contributed by atoms with Crippen LogP contribution in [0.25, 0.3) is 65.3 Å². The van der Waals surface area contributed by atoms with Gasteiger partial charge in [-0.05, 0) is 167 Å². The van der Waals surface area contributed by atoms with Gasteiger partial charge in [0.05, 0.1) is 11.0 Å². The van der Waals surface area contributed by atoms with Gasteiger partial charge < -0.3 is 9.97 Å². The molecule has 8 aromatic heterocycles. The molecule has 0 bridgehead atoms. The van der Waals surface area contributed by atoms with Crippen molar-refractivity contribution in [2.45, 2.75) is 185 Å². The summed E-state index contributed by atoms with van der Waals surface area (Å²) in [5.41, 5.74) is 15.6. The summed E-state index contributed by atoms with van der Waals surface area (Å²) in [5.74, 6) is 0.740. The van der Waals surface area contributed by atoms with Crippen LogP contribution in [0.15, 0.2) is 250 Å². The number of para-hydroxylation sites is 2. The number of hydrogen-bond donors (Lipinski definition) is 2. The monoisotopic (exact) mass is 1300 g/mol. The quantitative estimate of drug-likeness (QED) is 0.157. The minimum Gasteiger partial charge on any atom is -0.361 e. The van der Waals surface area contributed by atoms with Gasteiger partial charge in [0.1, 0.15) is 5.65 Å². The number of pyridine rings is 6. The summed E-state index contributed by atoms with van der Waals surface area (Å²) < 4.78 is 0.